The van der Waals surface area contributed by atoms with Crippen molar-refractivity contribution in [3.63, 3.8) is 0 Å². The summed E-state index contributed by atoms with van der Waals surface area (Å²) in [5.74, 6) is 1.55. The standard InChI is InChI=1S/C13H17NO3/c1-2-9-7-11(15)14(8-9)12(13(16)17)10-5-3-4-6-10/h1,9-10,12H,3-8H2,(H,16,17). The van der Waals surface area contributed by atoms with Crippen LogP contribution in [0.25, 0.3) is 0 Å². The van der Waals surface area contributed by atoms with Gasteiger partial charge in [-0.1, -0.05) is 12.8 Å². The van der Waals surface area contributed by atoms with Crippen molar-refractivity contribution in [3.05, 3.63) is 0 Å². The predicted molar refractivity (Wildman–Crippen MR) is 62.0 cm³/mol. The molecule has 1 N–H and O–H groups in total. The fraction of sp³-hybridized carbons (Fsp3) is 0.692. The van der Waals surface area contributed by atoms with E-state index in [9.17, 15) is 14.7 Å². The fourth-order valence-corrected chi connectivity index (χ4v) is 2.97. The normalized spacial score (nSPS) is 27.1. The summed E-state index contributed by atoms with van der Waals surface area (Å²) in [6.07, 6.45) is 9.55. The first-order valence-corrected chi connectivity index (χ1v) is 6.12. The number of carbonyl (C=O) groups excluding carboxylic acids is 1. The minimum atomic E-state index is -0.886. The van der Waals surface area contributed by atoms with E-state index in [0.29, 0.717) is 13.0 Å². The van der Waals surface area contributed by atoms with Crippen LogP contribution in [0.2, 0.25) is 0 Å². The Morgan fingerprint density at radius 1 is 1.47 bits per heavy atom. The molecule has 0 radical (unpaired) electrons. The van der Waals surface area contributed by atoms with E-state index in [1.807, 2.05) is 0 Å². The van der Waals surface area contributed by atoms with Crippen LogP contribution in [0.1, 0.15) is 32.1 Å². The molecule has 1 aliphatic carbocycles. The van der Waals surface area contributed by atoms with E-state index in [0.717, 1.165) is 25.7 Å². The zero-order valence-electron chi connectivity index (χ0n) is 9.76. The summed E-state index contributed by atoms with van der Waals surface area (Å²) >= 11 is 0. The molecule has 2 atom stereocenters. The van der Waals surface area contributed by atoms with Gasteiger partial charge in [-0.3, -0.25) is 4.79 Å². The first-order valence-electron chi connectivity index (χ1n) is 6.12. The molecule has 0 aromatic heterocycles. The van der Waals surface area contributed by atoms with Crippen molar-refractivity contribution in [1.29, 1.82) is 0 Å². The fourth-order valence-electron chi connectivity index (χ4n) is 2.97. The molecule has 1 saturated carbocycles. The Balaban J connectivity index is 2.14. The summed E-state index contributed by atoms with van der Waals surface area (Å²) in [6, 6.07) is -0.664. The van der Waals surface area contributed by atoms with E-state index in [-0.39, 0.29) is 17.7 Å². The number of carboxylic acid groups (broad SMARTS) is 1. The van der Waals surface area contributed by atoms with Crippen LogP contribution in [0, 0.1) is 24.2 Å². The van der Waals surface area contributed by atoms with Crippen molar-refractivity contribution in [1.82, 2.24) is 4.90 Å². The first kappa shape index (κ1) is 12.0. The van der Waals surface area contributed by atoms with E-state index in [1.165, 1.54) is 4.90 Å². The molecule has 1 heterocycles. The molecular formula is C13H17NO3. The van der Waals surface area contributed by atoms with Gasteiger partial charge < -0.3 is 10.0 Å². The smallest absolute Gasteiger partial charge is 0.326 e. The predicted octanol–water partition coefficient (Wildman–Crippen LogP) is 1.11. The second kappa shape index (κ2) is 4.79. The summed E-state index contributed by atoms with van der Waals surface area (Å²) < 4.78 is 0. The lowest BCUT2D eigenvalue weighted by atomic mass is 9.97. The summed E-state index contributed by atoms with van der Waals surface area (Å²) in [6.45, 7) is 0.406. The molecule has 92 valence electrons. The van der Waals surface area contributed by atoms with Crippen LogP contribution >= 0.6 is 0 Å². The number of rotatable bonds is 3. The van der Waals surface area contributed by atoms with Gasteiger partial charge in [0.2, 0.25) is 5.91 Å². The molecule has 0 aromatic carbocycles. The maximum Gasteiger partial charge on any atom is 0.326 e. The average Bonchev–Trinajstić information content (AvgIpc) is 2.89. The highest BCUT2D eigenvalue weighted by Gasteiger charge is 2.41. The minimum Gasteiger partial charge on any atom is -0.480 e. The van der Waals surface area contributed by atoms with Gasteiger partial charge in [0.05, 0.1) is 0 Å². The van der Waals surface area contributed by atoms with Crippen molar-refractivity contribution >= 4 is 11.9 Å². The van der Waals surface area contributed by atoms with E-state index < -0.39 is 12.0 Å². The number of terminal acetylenes is 1. The van der Waals surface area contributed by atoms with Gasteiger partial charge in [0.25, 0.3) is 0 Å². The molecule has 0 bridgehead atoms. The summed E-state index contributed by atoms with van der Waals surface area (Å²) in [5.41, 5.74) is 0. The lowest BCUT2D eigenvalue weighted by Crippen LogP contribution is -2.46. The number of amides is 1. The summed E-state index contributed by atoms with van der Waals surface area (Å²) in [7, 11) is 0. The lowest BCUT2D eigenvalue weighted by Gasteiger charge is -2.29. The number of aliphatic carboxylic acids is 1. The second-order valence-electron chi connectivity index (χ2n) is 4.94. The molecule has 2 aliphatic rings. The van der Waals surface area contributed by atoms with Gasteiger partial charge in [0, 0.05) is 18.9 Å². The SMILES string of the molecule is C#CC1CC(=O)N(C(C(=O)O)C2CCCC2)C1. The van der Waals surface area contributed by atoms with Crippen LogP contribution in [-0.4, -0.2) is 34.5 Å². The zero-order chi connectivity index (χ0) is 12.4. The molecule has 4 nitrogen and oxygen atoms in total. The Labute approximate surface area is 101 Å². The summed E-state index contributed by atoms with van der Waals surface area (Å²) in [5, 5.41) is 9.33. The summed E-state index contributed by atoms with van der Waals surface area (Å²) in [4.78, 5) is 24.7. The van der Waals surface area contributed by atoms with Crippen molar-refractivity contribution in [2.45, 2.75) is 38.1 Å². The third kappa shape index (κ3) is 2.28. The molecule has 2 fully saturated rings. The van der Waals surface area contributed by atoms with Gasteiger partial charge in [-0.15, -0.1) is 12.3 Å². The minimum absolute atomic E-state index is 0.104. The molecule has 17 heavy (non-hydrogen) atoms. The molecule has 2 unspecified atom stereocenters. The van der Waals surface area contributed by atoms with E-state index >= 15 is 0 Å². The second-order valence-corrected chi connectivity index (χ2v) is 4.94. The Morgan fingerprint density at radius 3 is 2.59 bits per heavy atom. The highest BCUT2D eigenvalue weighted by molar-refractivity contribution is 5.85. The maximum absolute atomic E-state index is 11.8. The van der Waals surface area contributed by atoms with Crippen LogP contribution in [0.4, 0.5) is 0 Å². The van der Waals surface area contributed by atoms with Crippen molar-refractivity contribution < 1.29 is 14.7 Å². The highest BCUT2D eigenvalue weighted by atomic mass is 16.4. The molecule has 1 saturated heterocycles. The van der Waals surface area contributed by atoms with E-state index in [2.05, 4.69) is 5.92 Å². The number of carboxylic acids is 1. The molecule has 0 spiro atoms. The van der Waals surface area contributed by atoms with Gasteiger partial charge in [-0.2, -0.15) is 0 Å². The molecule has 2 rings (SSSR count). The van der Waals surface area contributed by atoms with Gasteiger partial charge >= 0.3 is 5.97 Å². The molecular weight excluding hydrogens is 218 g/mol. The molecule has 0 aromatic rings. The lowest BCUT2D eigenvalue weighted by molar-refractivity contribution is -0.150. The zero-order valence-corrected chi connectivity index (χ0v) is 9.76. The van der Waals surface area contributed by atoms with Crippen LogP contribution in [0.5, 0.6) is 0 Å². The monoisotopic (exact) mass is 235 g/mol. The number of likely N-dealkylation sites (tertiary alicyclic amines) is 1. The number of carbonyl (C=O) groups is 2. The van der Waals surface area contributed by atoms with Gasteiger partial charge in [-0.05, 0) is 18.8 Å². The Kier molecular flexibility index (Phi) is 3.37. The van der Waals surface area contributed by atoms with Crippen LogP contribution in [0.15, 0.2) is 0 Å². The first-order chi connectivity index (χ1) is 8.13. The van der Waals surface area contributed by atoms with Crippen molar-refractivity contribution in [3.8, 4) is 12.3 Å². The van der Waals surface area contributed by atoms with E-state index in [4.69, 9.17) is 6.42 Å². The quantitative estimate of drug-likeness (QED) is 0.745. The Bertz CT molecular complexity index is 365. The molecule has 1 aliphatic heterocycles. The third-order valence-corrected chi connectivity index (χ3v) is 3.83. The van der Waals surface area contributed by atoms with Crippen LogP contribution in [0.3, 0.4) is 0 Å². The molecule has 1 amide bonds. The van der Waals surface area contributed by atoms with Crippen LogP contribution in [-0.2, 0) is 9.59 Å². The number of hydrogen-bond acceptors (Lipinski definition) is 2. The highest BCUT2D eigenvalue weighted by Crippen LogP contribution is 2.33. The third-order valence-electron chi connectivity index (χ3n) is 3.83. The number of nitrogens with zero attached hydrogens (tertiary/aromatic N) is 1. The average molecular weight is 235 g/mol. The van der Waals surface area contributed by atoms with Crippen molar-refractivity contribution in [2.24, 2.45) is 11.8 Å². The van der Waals surface area contributed by atoms with Gasteiger partial charge in [0.1, 0.15) is 6.04 Å². The Morgan fingerprint density at radius 2 is 2.12 bits per heavy atom. The van der Waals surface area contributed by atoms with Gasteiger partial charge in [-0.25, -0.2) is 4.79 Å². The van der Waals surface area contributed by atoms with Crippen molar-refractivity contribution in [2.75, 3.05) is 6.54 Å². The maximum atomic E-state index is 11.8. The van der Waals surface area contributed by atoms with Gasteiger partial charge in [0.15, 0.2) is 0 Å². The van der Waals surface area contributed by atoms with Crippen LogP contribution < -0.4 is 0 Å². The Hall–Kier alpha value is -1.50. The molecule has 4 heteroatoms. The largest absolute Gasteiger partial charge is 0.480 e. The van der Waals surface area contributed by atoms with E-state index in [1.54, 1.807) is 0 Å². The topological polar surface area (TPSA) is 57.6 Å². The number of hydrogen-bond donors (Lipinski definition) is 1.